The smallest absolute Gasteiger partial charge is 0.242 e. The average Bonchev–Trinajstić information content (AvgIpc) is 3.28. The second kappa shape index (κ2) is 7.07. The van der Waals surface area contributed by atoms with Crippen LogP contribution in [0.3, 0.4) is 0 Å². The first-order chi connectivity index (χ1) is 9.97. The number of rotatable bonds is 8. The van der Waals surface area contributed by atoms with Crippen molar-refractivity contribution in [1.29, 1.82) is 0 Å². The van der Waals surface area contributed by atoms with Gasteiger partial charge in [-0.3, -0.25) is 4.90 Å². The topological polar surface area (TPSA) is 75.4 Å². The van der Waals surface area contributed by atoms with E-state index >= 15 is 0 Å². The number of nitrogens with two attached hydrogens (primary N) is 1. The molecule has 1 aliphatic rings. The van der Waals surface area contributed by atoms with E-state index in [1.807, 2.05) is 0 Å². The van der Waals surface area contributed by atoms with Gasteiger partial charge in [-0.15, -0.1) is 0 Å². The lowest BCUT2D eigenvalue weighted by atomic mass is 10.2. The summed E-state index contributed by atoms with van der Waals surface area (Å²) in [5.41, 5.74) is 6.29. The molecule has 3 N–H and O–H groups in total. The fourth-order valence-corrected chi connectivity index (χ4v) is 3.89. The van der Waals surface area contributed by atoms with E-state index in [0.717, 1.165) is 12.1 Å². The molecule has 0 radical (unpaired) electrons. The molecule has 0 unspecified atom stereocenters. The first-order valence-corrected chi connectivity index (χ1v) is 9.06. The molecule has 1 saturated carbocycles. The normalized spacial score (nSPS) is 15.6. The number of hydrogen-bond donors (Lipinski definition) is 2. The van der Waals surface area contributed by atoms with Gasteiger partial charge in [0.05, 0.1) is 5.02 Å². The van der Waals surface area contributed by atoms with Gasteiger partial charge in [-0.1, -0.05) is 24.6 Å². The van der Waals surface area contributed by atoms with Gasteiger partial charge in [0.15, 0.2) is 0 Å². The van der Waals surface area contributed by atoms with Gasteiger partial charge in [0.2, 0.25) is 10.0 Å². The maximum atomic E-state index is 12.3. The summed E-state index contributed by atoms with van der Waals surface area (Å²) in [4.78, 5) is 2.39. The van der Waals surface area contributed by atoms with Crippen LogP contribution in [0.4, 0.5) is 0 Å². The number of hydrogen-bond acceptors (Lipinski definition) is 4. The summed E-state index contributed by atoms with van der Waals surface area (Å²) in [6.07, 6.45) is 2.43. The molecule has 0 aliphatic heterocycles. The highest BCUT2D eigenvalue weighted by Gasteiger charge is 2.27. The van der Waals surface area contributed by atoms with Gasteiger partial charge in [-0.2, -0.15) is 0 Å². The molecule has 1 aromatic rings. The van der Waals surface area contributed by atoms with Crippen LogP contribution in [-0.2, 0) is 16.6 Å². The van der Waals surface area contributed by atoms with Crippen LogP contribution in [0.1, 0.15) is 25.3 Å². The van der Waals surface area contributed by atoms with E-state index in [2.05, 4.69) is 16.5 Å². The zero-order chi connectivity index (χ0) is 15.5. The fraction of sp³-hybridized carbons (Fsp3) is 0.571. The molecule has 1 aliphatic carbocycles. The van der Waals surface area contributed by atoms with Crippen molar-refractivity contribution in [3.8, 4) is 0 Å². The van der Waals surface area contributed by atoms with Crippen LogP contribution in [0.5, 0.6) is 0 Å². The largest absolute Gasteiger partial charge is 0.326 e. The Morgan fingerprint density at radius 3 is 2.71 bits per heavy atom. The highest BCUT2D eigenvalue weighted by Crippen LogP contribution is 2.26. The van der Waals surface area contributed by atoms with Crippen molar-refractivity contribution in [1.82, 2.24) is 9.62 Å². The maximum Gasteiger partial charge on any atom is 0.242 e. The lowest BCUT2D eigenvalue weighted by Gasteiger charge is -2.20. The molecule has 21 heavy (non-hydrogen) atoms. The van der Waals surface area contributed by atoms with E-state index in [-0.39, 0.29) is 16.5 Å². The number of nitrogens with one attached hydrogen (secondary N) is 1. The maximum absolute atomic E-state index is 12.3. The molecular formula is C14H22ClN3O2S. The minimum atomic E-state index is -3.60. The standard InChI is InChI=1S/C14H22ClN3O2S/c1-2-18(12-4-5-12)8-7-17-21(19,20)14-9-11(10-16)3-6-13(14)15/h3,6,9,12,17H,2,4-5,7-8,10,16H2,1H3. The summed E-state index contributed by atoms with van der Waals surface area (Å²) in [5.74, 6) is 0. The Balaban J connectivity index is 2.00. The molecule has 5 nitrogen and oxygen atoms in total. The summed E-state index contributed by atoms with van der Waals surface area (Å²) in [6.45, 7) is 4.42. The van der Waals surface area contributed by atoms with Gasteiger partial charge >= 0.3 is 0 Å². The zero-order valence-corrected chi connectivity index (χ0v) is 13.8. The quantitative estimate of drug-likeness (QED) is 0.758. The molecule has 2 rings (SSSR count). The van der Waals surface area contributed by atoms with Crippen LogP contribution in [-0.4, -0.2) is 39.0 Å². The van der Waals surface area contributed by atoms with Gasteiger partial charge in [-0.05, 0) is 37.1 Å². The van der Waals surface area contributed by atoms with Gasteiger partial charge in [-0.25, -0.2) is 13.1 Å². The van der Waals surface area contributed by atoms with Gasteiger partial charge in [0.25, 0.3) is 0 Å². The fourth-order valence-electron chi connectivity index (χ4n) is 2.32. The summed E-state index contributed by atoms with van der Waals surface area (Å²) < 4.78 is 27.3. The van der Waals surface area contributed by atoms with Crippen LogP contribution in [0.2, 0.25) is 5.02 Å². The van der Waals surface area contributed by atoms with Gasteiger partial charge < -0.3 is 5.73 Å². The molecule has 0 bridgehead atoms. The Bertz CT molecular complexity index is 588. The number of likely N-dealkylation sites (N-methyl/N-ethyl adjacent to an activating group) is 1. The van der Waals surface area contributed by atoms with Crippen LogP contribution >= 0.6 is 11.6 Å². The van der Waals surface area contributed by atoms with E-state index < -0.39 is 10.0 Å². The van der Waals surface area contributed by atoms with E-state index in [9.17, 15) is 8.42 Å². The molecule has 7 heteroatoms. The molecule has 0 amide bonds. The molecule has 1 fully saturated rings. The summed E-state index contributed by atoms with van der Waals surface area (Å²) in [6, 6.07) is 5.46. The minimum Gasteiger partial charge on any atom is -0.326 e. The first-order valence-electron chi connectivity index (χ1n) is 7.20. The van der Waals surface area contributed by atoms with Crippen LogP contribution in [0.25, 0.3) is 0 Å². The van der Waals surface area contributed by atoms with Crippen molar-refractivity contribution in [2.45, 2.75) is 37.2 Å². The Labute approximate surface area is 131 Å². The monoisotopic (exact) mass is 331 g/mol. The van der Waals surface area contributed by atoms with Crippen molar-refractivity contribution < 1.29 is 8.42 Å². The second-order valence-corrected chi connectivity index (χ2v) is 7.37. The number of sulfonamides is 1. The van der Waals surface area contributed by atoms with Gasteiger partial charge in [0, 0.05) is 25.7 Å². The zero-order valence-electron chi connectivity index (χ0n) is 12.2. The lowest BCUT2D eigenvalue weighted by molar-refractivity contribution is 0.282. The van der Waals surface area contributed by atoms with Crippen molar-refractivity contribution in [3.63, 3.8) is 0 Å². The Kier molecular flexibility index (Phi) is 5.62. The van der Waals surface area contributed by atoms with E-state index in [4.69, 9.17) is 17.3 Å². The average molecular weight is 332 g/mol. The molecular weight excluding hydrogens is 310 g/mol. The van der Waals surface area contributed by atoms with Crippen molar-refractivity contribution in [3.05, 3.63) is 28.8 Å². The van der Waals surface area contributed by atoms with E-state index in [0.29, 0.717) is 19.1 Å². The summed E-state index contributed by atoms with van der Waals surface area (Å²) in [7, 11) is -3.60. The number of nitrogens with zero attached hydrogens (tertiary/aromatic N) is 1. The Morgan fingerprint density at radius 2 is 2.14 bits per heavy atom. The predicted molar refractivity (Wildman–Crippen MR) is 84.8 cm³/mol. The summed E-state index contributed by atoms with van der Waals surface area (Å²) in [5, 5.41) is 0.217. The van der Waals surface area contributed by atoms with Crippen LogP contribution in [0, 0.1) is 0 Å². The van der Waals surface area contributed by atoms with E-state index in [1.165, 1.54) is 18.9 Å². The SMILES string of the molecule is CCN(CCNS(=O)(=O)c1cc(CN)ccc1Cl)C1CC1. The van der Waals surface area contributed by atoms with Crippen LogP contribution < -0.4 is 10.5 Å². The third-order valence-electron chi connectivity index (χ3n) is 3.68. The Morgan fingerprint density at radius 1 is 1.43 bits per heavy atom. The molecule has 0 atom stereocenters. The third-order valence-corrected chi connectivity index (χ3v) is 5.62. The molecule has 0 spiro atoms. The van der Waals surface area contributed by atoms with Gasteiger partial charge in [0.1, 0.15) is 4.90 Å². The minimum absolute atomic E-state index is 0.0987. The highest BCUT2D eigenvalue weighted by molar-refractivity contribution is 7.89. The lowest BCUT2D eigenvalue weighted by Crippen LogP contribution is -2.36. The highest BCUT2D eigenvalue weighted by atomic mass is 35.5. The first kappa shape index (κ1) is 16.7. The second-order valence-electron chi connectivity index (χ2n) is 5.23. The molecule has 118 valence electrons. The van der Waals surface area contributed by atoms with Crippen LogP contribution in [0.15, 0.2) is 23.1 Å². The molecule has 0 saturated heterocycles. The Hall–Kier alpha value is -0.660. The van der Waals surface area contributed by atoms with E-state index in [1.54, 1.807) is 12.1 Å². The number of halogens is 1. The summed E-state index contributed by atoms with van der Waals surface area (Å²) >= 11 is 6.00. The molecule has 0 aromatic heterocycles. The van der Waals surface area contributed by atoms with Crippen molar-refractivity contribution in [2.24, 2.45) is 5.73 Å². The third kappa shape index (κ3) is 4.40. The van der Waals surface area contributed by atoms with Crippen molar-refractivity contribution in [2.75, 3.05) is 19.6 Å². The predicted octanol–water partition coefficient (Wildman–Crippen LogP) is 1.56. The van der Waals surface area contributed by atoms with Crippen molar-refractivity contribution >= 4 is 21.6 Å². The molecule has 0 heterocycles. The number of benzene rings is 1. The molecule has 1 aromatic carbocycles.